The van der Waals surface area contributed by atoms with Crippen LogP contribution in [0.15, 0.2) is 22.7 Å². The van der Waals surface area contributed by atoms with Gasteiger partial charge in [0.2, 0.25) is 0 Å². The summed E-state index contributed by atoms with van der Waals surface area (Å²) in [6, 6.07) is 5.68. The van der Waals surface area contributed by atoms with Crippen LogP contribution in [-0.2, 0) is 0 Å². The third-order valence-corrected chi connectivity index (χ3v) is 3.00. The van der Waals surface area contributed by atoms with Gasteiger partial charge in [-0.2, -0.15) is 0 Å². The minimum atomic E-state index is 0.161. The van der Waals surface area contributed by atoms with Gasteiger partial charge in [-0.3, -0.25) is 0 Å². The number of rotatable bonds is 2. The molecule has 0 bridgehead atoms. The average Bonchev–Trinajstić information content (AvgIpc) is 2.08. The van der Waals surface area contributed by atoms with E-state index in [9.17, 15) is 0 Å². The largest absolute Gasteiger partial charge is 0.396 e. The molecule has 0 radical (unpaired) electrons. The predicted octanol–water partition coefficient (Wildman–Crippen LogP) is 3.20. The molecule has 1 atom stereocenters. The number of benzene rings is 1. The minimum Gasteiger partial charge on any atom is -0.396 e. The number of halogens is 2. The van der Waals surface area contributed by atoms with E-state index in [-0.39, 0.29) is 12.5 Å². The Kier molecular flexibility index (Phi) is 3.56. The van der Waals surface area contributed by atoms with Crippen LogP contribution in [0.25, 0.3) is 0 Å². The van der Waals surface area contributed by atoms with Crippen LogP contribution >= 0.6 is 27.5 Å². The monoisotopic (exact) mass is 248 g/mol. The van der Waals surface area contributed by atoms with Gasteiger partial charge in [-0.15, -0.1) is 0 Å². The summed E-state index contributed by atoms with van der Waals surface area (Å²) in [5.74, 6) is 0.165. The average molecular weight is 250 g/mol. The molecule has 66 valence electrons. The van der Waals surface area contributed by atoms with E-state index in [2.05, 4.69) is 15.9 Å². The molecule has 0 aliphatic rings. The first-order valence-corrected chi connectivity index (χ1v) is 4.88. The second-order valence-electron chi connectivity index (χ2n) is 2.76. The molecule has 0 aliphatic carbocycles. The molecule has 0 saturated heterocycles. The van der Waals surface area contributed by atoms with Crippen molar-refractivity contribution < 1.29 is 5.11 Å². The van der Waals surface area contributed by atoms with Gasteiger partial charge >= 0.3 is 0 Å². The van der Waals surface area contributed by atoms with E-state index in [0.29, 0.717) is 5.02 Å². The van der Waals surface area contributed by atoms with Crippen molar-refractivity contribution in [2.45, 2.75) is 12.8 Å². The van der Waals surface area contributed by atoms with Gasteiger partial charge in [-0.1, -0.05) is 24.6 Å². The first kappa shape index (κ1) is 10.0. The Hall–Kier alpha value is -0.0500. The molecule has 1 nitrogen and oxygen atoms in total. The second kappa shape index (κ2) is 4.26. The first-order chi connectivity index (χ1) is 5.65. The molecule has 0 aromatic heterocycles. The minimum absolute atomic E-state index is 0.161. The molecule has 3 heteroatoms. The lowest BCUT2D eigenvalue weighted by atomic mass is 10.0. The van der Waals surface area contributed by atoms with Gasteiger partial charge < -0.3 is 5.11 Å². The zero-order valence-electron chi connectivity index (χ0n) is 6.72. The smallest absolute Gasteiger partial charge is 0.0548 e. The van der Waals surface area contributed by atoms with Crippen LogP contribution in [0.3, 0.4) is 0 Å². The molecule has 0 spiro atoms. The summed E-state index contributed by atoms with van der Waals surface area (Å²) in [5, 5.41) is 9.60. The van der Waals surface area contributed by atoms with Gasteiger partial charge in [0, 0.05) is 17.0 Å². The zero-order valence-corrected chi connectivity index (χ0v) is 9.06. The standard InChI is InChI=1S/C9H10BrClO/c1-6(5-12)7-2-3-9(11)8(10)4-7/h2-4,6,12H,5H2,1H3/t6-/m1/s1. The van der Waals surface area contributed by atoms with Crippen molar-refractivity contribution in [1.82, 2.24) is 0 Å². The Morgan fingerprint density at radius 1 is 1.58 bits per heavy atom. The van der Waals surface area contributed by atoms with Crippen molar-refractivity contribution in [3.8, 4) is 0 Å². The Balaban J connectivity index is 2.96. The molecular formula is C9H10BrClO. The number of hydrogen-bond donors (Lipinski definition) is 1. The first-order valence-electron chi connectivity index (χ1n) is 3.71. The molecule has 12 heavy (non-hydrogen) atoms. The SMILES string of the molecule is C[C@H](CO)c1ccc(Cl)c(Br)c1. The predicted molar refractivity (Wildman–Crippen MR) is 54.7 cm³/mol. The summed E-state index contributed by atoms with van der Waals surface area (Å²) in [7, 11) is 0. The molecule has 1 rings (SSSR count). The molecule has 1 aromatic carbocycles. The number of aliphatic hydroxyl groups excluding tert-OH is 1. The lowest BCUT2D eigenvalue weighted by molar-refractivity contribution is 0.273. The second-order valence-corrected chi connectivity index (χ2v) is 4.02. The Bertz CT molecular complexity index is 275. The Morgan fingerprint density at radius 2 is 2.25 bits per heavy atom. The highest BCUT2D eigenvalue weighted by Gasteiger charge is 2.05. The highest BCUT2D eigenvalue weighted by molar-refractivity contribution is 9.10. The van der Waals surface area contributed by atoms with Crippen LogP contribution in [0.1, 0.15) is 18.4 Å². The molecule has 1 N–H and O–H groups in total. The molecule has 0 fully saturated rings. The topological polar surface area (TPSA) is 20.2 Å². The lowest BCUT2D eigenvalue weighted by Crippen LogP contribution is -1.98. The maximum atomic E-state index is 8.90. The van der Waals surface area contributed by atoms with E-state index in [1.54, 1.807) is 0 Å². The summed E-state index contributed by atoms with van der Waals surface area (Å²) in [6.45, 7) is 2.13. The van der Waals surface area contributed by atoms with E-state index in [1.165, 1.54) is 0 Å². The molecule has 0 aliphatic heterocycles. The van der Waals surface area contributed by atoms with E-state index < -0.39 is 0 Å². The fraction of sp³-hybridized carbons (Fsp3) is 0.333. The quantitative estimate of drug-likeness (QED) is 0.853. The van der Waals surface area contributed by atoms with E-state index in [4.69, 9.17) is 16.7 Å². The fourth-order valence-electron chi connectivity index (χ4n) is 0.924. The van der Waals surface area contributed by atoms with Crippen molar-refractivity contribution in [3.63, 3.8) is 0 Å². The van der Waals surface area contributed by atoms with Crippen molar-refractivity contribution in [2.75, 3.05) is 6.61 Å². The van der Waals surface area contributed by atoms with Crippen LogP contribution in [-0.4, -0.2) is 11.7 Å². The van der Waals surface area contributed by atoms with Gasteiger partial charge in [-0.05, 0) is 33.6 Å². The highest BCUT2D eigenvalue weighted by atomic mass is 79.9. The molecule has 0 unspecified atom stereocenters. The summed E-state index contributed by atoms with van der Waals surface area (Å²) < 4.78 is 0.877. The third-order valence-electron chi connectivity index (χ3n) is 1.79. The van der Waals surface area contributed by atoms with Gasteiger partial charge in [-0.25, -0.2) is 0 Å². The Labute approximate surface area is 85.5 Å². The summed E-state index contributed by atoms with van der Waals surface area (Å²) in [4.78, 5) is 0. The van der Waals surface area contributed by atoms with E-state index in [1.807, 2.05) is 25.1 Å². The molecule has 1 aromatic rings. The fourth-order valence-corrected chi connectivity index (χ4v) is 1.44. The van der Waals surface area contributed by atoms with E-state index in [0.717, 1.165) is 10.0 Å². The lowest BCUT2D eigenvalue weighted by Gasteiger charge is -2.08. The van der Waals surface area contributed by atoms with Crippen molar-refractivity contribution >= 4 is 27.5 Å². The maximum absolute atomic E-state index is 8.90. The van der Waals surface area contributed by atoms with Crippen LogP contribution in [0, 0.1) is 0 Å². The van der Waals surface area contributed by atoms with Gasteiger partial charge in [0.1, 0.15) is 0 Å². The molecule has 0 heterocycles. The van der Waals surface area contributed by atoms with Gasteiger partial charge in [0.25, 0.3) is 0 Å². The summed E-state index contributed by atoms with van der Waals surface area (Å²) >= 11 is 9.15. The van der Waals surface area contributed by atoms with Gasteiger partial charge in [0.15, 0.2) is 0 Å². The van der Waals surface area contributed by atoms with Crippen LogP contribution in [0.2, 0.25) is 5.02 Å². The molecule has 0 amide bonds. The molecule has 0 saturated carbocycles. The third kappa shape index (κ3) is 2.22. The highest BCUT2D eigenvalue weighted by Crippen LogP contribution is 2.26. The molecular weight excluding hydrogens is 239 g/mol. The summed E-state index contributed by atoms with van der Waals surface area (Å²) in [5.41, 5.74) is 1.09. The zero-order chi connectivity index (χ0) is 9.14. The Morgan fingerprint density at radius 3 is 2.75 bits per heavy atom. The maximum Gasteiger partial charge on any atom is 0.0548 e. The number of aliphatic hydroxyl groups is 1. The van der Waals surface area contributed by atoms with Crippen molar-refractivity contribution in [1.29, 1.82) is 0 Å². The van der Waals surface area contributed by atoms with Crippen LogP contribution in [0.5, 0.6) is 0 Å². The number of hydrogen-bond acceptors (Lipinski definition) is 1. The van der Waals surface area contributed by atoms with Crippen molar-refractivity contribution in [3.05, 3.63) is 33.3 Å². The van der Waals surface area contributed by atoms with Crippen molar-refractivity contribution in [2.24, 2.45) is 0 Å². The van der Waals surface area contributed by atoms with Crippen LogP contribution in [0.4, 0.5) is 0 Å². The normalized spacial score (nSPS) is 13.0. The van der Waals surface area contributed by atoms with E-state index >= 15 is 0 Å². The van der Waals surface area contributed by atoms with Gasteiger partial charge in [0.05, 0.1) is 5.02 Å². The van der Waals surface area contributed by atoms with Crippen LogP contribution < -0.4 is 0 Å². The summed E-state index contributed by atoms with van der Waals surface area (Å²) in [6.07, 6.45) is 0.